The minimum Gasteiger partial charge on any atom is -0.343 e. The van der Waals surface area contributed by atoms with Crippen molar-refractivity contribution in [1.82, 2.24) is 14.3 Å². The van der Waals surface area contributed by atoms with Crippen molar-refractivity contribution in [2.24, 2.45) is 0 Å². The van der Waals surface area contributed by atoms with Gasteiger partial charge in [-0.15, -0.1) is 0 Å². The second-order valence-corrected chi connectivity index (χ2v) is 7.96. The highest BCUT2D eigenvalue weighted by atomic mass is 32.1. The van der Waals surface area contributed by atoms with Crippen LogP contribution in [0, 0.1) is 0 Å². The minimum absolute atomic E-state index is 0.0584. The Hall–Kier alpha value is -2.99. The summed E-state index contributed by atoms with van der Waals surface area (Å²) in [5, 5.41) is 0.940. The number of carbonyl (C=O) groups is 1. The molecule has 4 rings (SSSR count). The van der Waals surface area contributed by atoms with Gasteiger partial charge in [0.1, 0.15) is 5.82 Å². The molecule has 0 spiro atoms. The zero-order valence-electron chi connectivity index (χ0n) is 16.4. The summed E-state index contributed by atoms with van der Waals surface area (Å²) >= 11 is 1.44. The van der Waals surface area contributed by atoms with Crippen molar-refractivity contribution in [3.05, 3.63) is 83.7 Å². The minimum atomic E-state index is 0.0584. The van der Waals surface area contributed by atoms with E-state index < -0.39 is 0 Å². The monoisotopic (exact) mass is 404 g/mol. The maximum Gasteiger partial charge on any atom is 0.246 e. The molecule has 3 aromatic rings. The van der Waals surface area contributed by atoms with Gasteiger partial charge in [0.25, 0.3) is 0 Å². The number of amides is 1. The van der Waals surface area contributed by atoms with Gasteiger partial charge in [0.15, 0.2) is 0 Å². The molecule has 2 heterocycles. The van der Waals surface area contributed by atoms with Gasteiger partial charge in [-0.25, -0.2) is 4.98 Å². The molecule has 1 aromatic heterocycles. The van der Waals surface area contributed by atoms with Crippen LogP contribution in [0.4, 0.5) is 5.13 Å². The molecule has 6 heteroatoms. The largest absolute Gasteiger partial charge is 0.343 e. The van der Waals surface area contributed by atoms with Crippen molar-refractivity contribution in [2.75, 3.05) is 24.5 Å². The highest BCUT2D eigenvalue weighted by Crippen LogP contribution is 2.22. The standard InChI is InChI=1S/C23H24N4OS/c1-18-17-26(23-24-21(25-29-23)16-20-10-6-3-7-11-20)14-15-27(18)22(28)13-12-19-8-4-2-5-9-19/h2-13,18H,14-17H2,1H3. The van der Waals surface area contributed by atoms with E-state index in [0.29, 0.717) is 6.54 Å². The zero-order valence-corrected chi connectivity index (χ0v) is 17.3. The Bertz CT molecular complexity index is 971. The molecule has 2 aromatic carbocycles. The van der Waals surface area contributed by atoms with Gasteiger partial charge in [0.05, 0.1) is 0 Å². The number of rotatable bonds is 5. The summed E-state index contributed by atoms with van der Waals surface area (Å²) in [5.41, 5.74) is 2.25. The smallest absolute Gasteiger partial charge is 0.246 e. The summed E-state index contributed by atoms with van der Waals surface area (Å²) in [6.45, 7) is 4.32. The van der Waals surface area contributed by atoms with E-state index in [2.05, 4.69) is 28.3 Å². The van der Waals surface area contributed by atoms with Crippen LogP contribution in [0.1, 0.15) is 23.9 Å². The van der Waals surface area contributed by atoms with Gasteiger partial charge in [-0.1, -0.05) is 60.7 Å². The SMILES string of the molecule is CC1CN(c2nc(Cc3ccccc3)ns2)CCN1C(=O)C=Cc1ccccc1. The van der Waals surface area contributed by atoms with E-state index in [-0.39, 0.29) is 11.9 Å². The van der Waals surface area contributed by atoms with Crippen molar-refractivity contribution < 1.29 is 4.79 Å². The van der Waals surface area contributed by atoms with Crippen LogP contribution in [0.15, 0.2) is 66.7 Å². The van der Waals surface area contributed by atoms with Gasteiger partial charge >= 0.3 is 0 Å². The molecule has 0 radical (unpaired) electrons. The third-order valence-corrected chi connectivity index (χ3v) is 5.88. The van der Waals surface area contributed by atoms with E-state index >= 15 is 0 Å². The van der Waals surface area contributed by atoms with Crippen LogP contribution in [0.2, 0.25) is 0 Å². The first-order valence-corrected chi connectivity index (χ1v) is 10.6. The van der Waals surface area contributed by atoms with Crippen molar-refractivity contribution in [1.29, 1.82) is 0 Å². The molecule has 1 aliphatic rings. The Morgan fingerprint density at radius 1 is 1.10 bits per heavy atom. The van der Waals surface area contributed by atoms with E-state index in [1.807, 2.05) is 59.5 Å². The lowest BCUT2D eigenvalue weighted by Gasteiger charge is -2.39. The molecule has 1 fully saturated rings. The summed E-state index contributed by atoms with van der Waals surface area (Å²) in [5.74, 6) is 0.913. The molecule has 1 unspecified atom stereocenters. The highest BCUT2D eigenvalue weighted by Gasteiger charge is 2.28. The quantitative estimate of drug-likeness (QED) is 0.606. The summed E-state index contributed by atoms with van der Waals surface area (Å²) < 4.78 is 4.53. The maximum absolute atomic E-state index is 12.6. The predicted molar refractivity (Wildman–Crippen MR) is 118 cm³/mol. The second kappa shape index (κ2) is 9.01. The van der Waals surface area contributed by atoms with Gasteiger partial charge < -0.3 is 9.80 Å². The molecule has 29 heavy (non-hydrogen) atoms. The number of aromatic nitrogens is 2. The van der Waals surface area contributed by atoms with Crippen LogP contribution in [-0.4, -0.2) is 45.8 Å². The van der Waals surface area contributed by atoms with Crippen molar-refractivity contribution in [3.8, 4) is 0 Å². The van der Waals surface area contributed by atoms with Crippen LogP contribution in [0.5, 0.6) is 0 Å². The molecule has 148 valence electrons. The summed E-state index contributed by atoms with van der Waals surface area (Å²) in [4.78, 5) is 21.5. The number of piperazine rings is 1. The Morgan fingerprint density at radius 3 is 2.55 bits per heavy atom. The molecule has 0 aliphatic carbocycles. The Morgan fingerprint density at radius 2 is 1.83 bits per heavy atom. The number of hydrogen-bond acceptors (Lipinski definition) is 5. The number of nitrogens with zero attached hydrogens (tertiary/aromatic N) is 4. The molecular formula is C23H24N4OS. The number of carbonyl (C=O) groups excluding carboxylic acids is 1. The van der Waals surface area contributed by atoms with Gasteiger partial charge in [0.2, 0.25) is 11.0 Å². The maximum atomic E-state index is 12.6. The third kappa shape index (κ3) is 4.90. The van der Waals surface area contributed by atoms with Gasteiger partial charge in [-0.3, -0.25) is 4.79 Å². The second-order valence-electron chi connectivity index (χ2n) is 7.23. The lowest BCUT2D eigenvalue weighted by atomic mass is 10.1. The van der Waals surface area contributed by atoms with Crippen molar-refractivity contribution in [3.63, 3.8) is 0 Å². The van der Waals surface area contributed by atoms with Crippen molar-refractivity contribution >= 4 is 28.6 Å². The van der Waals surface area contributed by atoms with Crippen LogP contribution in [0.3, 0.4) is 0 Å². The first-order chi connectivity index (χ1) is 14.2. The highest BCUT2D eigenvalue weighted by molar-refractivity contribution is 7.09. The van der Waals surface area contributed by atoms with Crippen LogP contribution in [0.25, 0.3) is 6.08 Å². The third-order valence-electron chi connectivity index (χ3n) is 5.06. The zero-order chi connectivity index (χ0) is 20.1. The predicted octanol–water partition coefficient (Wildman–Crippen LogP) is 3.88. The Balaban J connectivity index is 1.35. The molecule has 1 saturated heterocycles. The summed E-state index contributed by atoms with van der Waals surface area (Å²) in [7, 11) is 0. The van der Waals surface area contributed by atoms with E-state index in [1.54, 1.807) is 6.08 Å². The average molecular weight is 405 g/mol. The lowest BCUT2D eigenvalue weighted by molar-refractivity contribution is -0.128. The summed E-state index contributed by atoms with van der Waals surface area (Å²) in [6, 6.07) is 20.3. The van der Waals surface area contributed by atoms with Gasteiger partial charge in [-0.05, 0) is 24.1 Å². The molecular weight excluding hydrogens is 380 g/mol. The molecule has 5 nitrogen and oxygen atoms in total. The first-order valence-electron chi connectivity index (χ1n) is 9.84. The summed E-state index contributed by atoms with van der Waals surface area (Å²) in [6.07, 6.45) is 4.29. The van der Waals surface area contributed by atoms with E-state index in [4.69, 9.17) is 4.98 Å². The fourth-order valence-electron chi connectivity index (χ4n) is 3.51. The molecule has 0 saturated carbocycles. The number of hydrogen-bond donors (Lipinski definition) is 0. The van der Waals surface area contributed by atoms with Crippen LogP contribution < -0.4 is 4.90 Å². The van der Waals surface area contributed by atoms with E-state index in [0.717, 1.165) is 36.0 Å². The average Bonchev–Trinajstić information content (AvgIpc) is 3.22. The molecule has 1 amide bonds. The van der Waals surface area contributed by atoms with E-state index in [1.165, 1.54) is 17.1 Å². The van der Waals surface area contributed by atoms with Crippen LogP contribution in [-0.2, 0) is 11.2 Å². The molecule has 0 N–H and O–H groups in total. The number of benzene rings is 2. The van der Waals surface area contributed by atoms with Gasteiger partial charge in [0, 0.05) is 49.7 Å². The fraction of sp³-hybridized carbons (Fsp3) is 0.261. The molecule has 1 atom stereocenters. The normalized spacial score (nSPS) is 17.1. The van der Waals surface area contributed by atoms with Gasteiger partial charge in [-0.2, -0.15) is 4.37 Å². The molecule has 1 aliphatic heterocycles. The lowest BCUT2D eigenvalue weighted by Crippen LogP contribution is -2.53. The van der Waals surface area contributed by atoms with Crippen molar-refractivity contribution in [2.45, 2.75) is 19.4 Å². The van der Waals surface area contributed by atoms with E-state index in [9.17, 15) is 4.79 Å². The topological polar surface area (TPSA) is 49.3 Å². The number of anilines is 1. The Kier molecular flexibility index (Phi) is 6.00. The Labute approximate surface area is 175 Å². The fourth-order valence-corrected chi connectivity index (χ4v) is 4.23. The molecule has 0 bridgehead atoms. The first kappa shape index (κ1) is 19.3. The van der Waals surface area contributed by atoms with Crippen LogP contribution >= 0.6 is 11.5 Å².